The number of carbonyl (C=O) groups is 1. The zero-order chi connectivity index (χ0) is 15.2. The summed E-state index contributed by atoms with van der Waals surface area (Å²) in [5.74, 6) is -0.465. The average molecular weight is 313 g/mol. The first-order chi connectivity index (χ1) is 10.1. The second kappa shape index (κ2) is 7.63. The summed E-state index contributed by atoms with van der Waals surface area (Å²) in [5.41, 5.74) is 0.233. The molecule has 0 atom stereocenters. The van der Waals surface area contributed by atoms with Crippen LogP contribution in [-0.4, -0.2) is 57.4 Å². The summed E-state index contributed by atoms with van der Waals surface area (Å²) in [4.78, 5) is 16.0. The van der Waals surface area contributed by atoms with Gasteiger partial charge in [0.25, 0.3) is 0 Å². The molecule has 2 amide bonds. The van der Waals surface area contributed by atoms with Gasteiger partial charge in [0.15, 0.2) is 0 Å². The number of anilines is 1. The normalized spacial score (nSPS) is 15.8. The number of ether oxygens (including phenoxy) is 1. The number of hydrogen-bond donors (Lipinski definition) is 2. The Balaban J connectivity index is 1.81. The Kier molecular flexibility index (Phi) is 5.84. The van der Waals surface area contributed by atoms with Crippen LogP contribution in [0, 0.1) is 5.82 Å². The maximum atomic E-state index is 13.8. The molecular formula is C14H20FN3O2S. The number of carbonyl (C=O) groups excluding carboxylic acids is 1. The van der Waals surface area contributed by atoms with Crippen LogP contribution >= 0.6 is 12.6 Å². The molecule has 0 aromatic heterocycles. The molecule has 0 aliphatic carbocycles. The van der Waals surface area contributed by atoms with Crippen molar-refractivity contribution in [2.75, 3.05) is 51.3 Å². The molecular weight excluding hydrogens is 293 g/mol. The number of thiol groups is 1. The van der Waals surface area contributed by atoms with Crippen LogP contribution in [0.5, 0.6) is 0 Å². The third-order valence-corrected chi connectivity index (χ3v) is 3.68. The van der Waals surface area contributed by atoms with Crippen molar-refractivity contribution in [3.05, 3.63) is 24.0 Å². The summed E-state index contributed by atoms with van der Waals surface area (Å²) in [7, 11) is 1.54. The van der Waals surface area contributed by atoms with Crippen LogP contribution in [0.15, 0.2) is 23.1 Å². The first-order valence-corrected chi connectivity index (χ1v) is 7.33. The molecule has 2 rings (SSSR count). The van der Waals surface area contributed by atoms with Gasteiger partial charge in [0.1, 0.15) is 5.82 Å². The SMILES string of the molecule is CN(C(=O)NCCN1CCOCC1)c1ccc(S)cc1F. The standard InChI is InChI=1S/C14H20FN3O2S/c1-17(13-3-2-11(21)10-12(13)15)14(19)16-4-5-18-6-8-20-9-7-18/h2-3,10,21H,4-9H2,1H3,(H,16,19). The average Bonchev–Trinajstić information content (AvgIpc) is 2.47. The highest BCUT2D eigenvalue weighted by Gasteiger charge is 2.15. The van der Waals surface area contributed by atoms with Crippen molar-refractivity contribution in [2.24, 2.45) is 0 Å². The molecule has 1 saturated heterocycles. The summed E-state index contributed by atoms with van der Waals surface area (Å²) in [6, 6.07) is 4.16. The lowest BCUT2D eigenvalue weighted by atomic mass is 10.3. The Morgan fingerprint density at radius 2 is 2.19 bits per heavy atom. The molecule has 1 aromatic rings. The van der Waals surface area contributed by atoms with Gasteiger partial charge in [-0.2, -0.15) is 0 Å². The fourth-order valence-corrected chi connectivity index (χ4v) is 2.33. The molecule has 1 heterocycles. The van der Waals surface area contributed by atoms with Crippen molar-refractivity contribution in [1.82, 2.24) is 10.2 Å². The van der Waals surface area contributed by atoms with E-state index in [4.69, 9.17) is 4.74 Å². The predicted octanol–water partition coefficient (Wildman–Crippen LogP) is 1.59. The molecule has 116 valence electrons. The molecule has 21 heavy (non-hydrogen) atoms. The third kappa shape index (κ3) is 4.59. The van der Waals surface area contributed by atoms with Crippen molar-refractivity contribution in [2.45, 2.75) is 4.90 Å². The number of morpholine rings is 1. The summed E-state index contributed by atoms with van der Waals surface area (Å²) in [6.07, 6.45) is 0. The van der Waals surface area contributed by atoms with E-state index >= 15 is 0 Å². The minimum Gasteiger partial charge on any atom is -0.379 e. The molecule has 0 spiro atoms. The van der Waals surface area contributed by atoms with E-state index in [0.717, 1.165) is 32.8 Å². The maximum absolute atomic E-state index is 13.8. The molecule has 7 heteroatoms. The Labute approximate surface area is 129 Å². The Morgan fingerprint density at radius 1 is 1.48 bits per heavy atom. The fourth-order valence-electron chi connectivity index (χ4n) is 2.14. The minimum atomic E-state index is -0.465. The highest BCUT2D eigenvalue weighted by Crippen LogP contribution is 2.20. The Morgan fingerprint density at radius 3 is 2.86 bits per heavy atom. The van der Waals surface area contributed by atoms with E-state index < -0.39 is 5.82 Å². The third-order valence-electron chi connectivity index (χ3n) is 3.41. The lowest BCUT2D eigenvalue weighted by molar-refractivity contribution is 0.0387. The predicted molar refractivity (Wildman–Crippen MR) is 82.7 cm³/mol. The van der Waals surface area contributed by atoms with Crippen LogP contribution in [-0.2, 0) is 4.74 Å². The van der Waals surface area contributed by atoms with Gasteiger partial charge in [0.05, 0.1) is 18.9 Å². The molecule has 5 nitrogen and oxygen atoms in total. The molecule has 0 saturated carbocycles. The summed E-state index contributed by atoms with van der Waals surface area (Å²) in [5, 5.41) is 2.79. The lowest BCUT2D eigenvalue weighted by Gasteiger charge is -2.27. The van der Waals surface area contributed by atoms with Crippen molar-refractivity contribution in [3.8, 4) is 0 Å². The molecule has 0 bridgehead atoms. The number of amides is 2. The van der Waals surface area contributed by atoms with Gasteiger partial charge in [-0.3, -0.25) is 9.80 Å². The molecule has 0 radical (unpaired) electrons. The number of rotatable bonds is 4. The first kappa shape index (κ1) is 16.1. The number of urea groups is 1. The summed E-state index contributed by atoms with van der Waals surface area (Å²) < 4.78 is 19.0. The fraction of sp³-hybridized carbons (Fsp3) is 0.500. The van der Waals surface area contributed by atoms with Crippen LogP contribution in [0.4, 0.5) is 14.9 Å². The monoisotopic (exact) mass is 313 g/mol. The van der Waals surface area contributed by atoms with E-state index in [1.165, 1.54) is 11.0 Å². The van der Waals surface area contributed by atoms with Crippen LogP contribution in [0.2, 0.25) is 0 Å². The van der Waals surface area contributed by atoms with E-state index in [1.54, 1.807) is 19.2 Å². The van der Waals surface area contributed by atoms with Crippen LogP contribution in [0.3, 0.4) is 0 Å². The van der Waals surface area contributed by atoms with E-state index in [1.807, 2.05) is 0 Å². The van der Waals surface area contributed by atoms with Gasteiger partial charge in [0, 0.05) is 38.1 Å². The van der Waals surface area contributed by atoms with Crippen molar-refractivity contribution >= 4 is 24.3 Å². The topological polar surface area (TPSA) is 44.8 Å². The minimum absolute atomic E-state index is 0.233. The molecule has 1 aliphatic rings. The number of halogens is 1. The second-order valence-corrected chi connectivity index (χ2v) is 5.40. The van der Waals surface area contributed by atoms with Crippen LogP contribution in [0.1, 0.15) is 0 Å². The van der Waals surface area contributed by atoms with Crippen molar-refractivity contribution in [1.29, 1.82) is 0 Å². The van der Waals surface area contributed by atoms with Gasteiger partial charge < -0.3 is 10.1 Å². The molecule has 1 fully saturated rings. The van der Waals surface area contributed by atoms with Gasteiger partial charge >= 0.3 is 6.03 Å². The zero-order valence-electron chi connectivity index (χ0n) is 12.0. The molecule has 1 aromatic carbocycles. The van der Waals surface area contributed by atoms with Crippen LogP contribution < -0.4 is 10.2 Å². The molecule has 0 unspecified atom stereocenters. The van der Waals surface area contributed by atoms with Gasteiger partial charge in [-0.15, -0.1) is 12.6 Å². The summed E-state index contributed by atoms with van der Waals surface area (Å²) >= 11 is 4.06. The highest BCUT2D eigenvalue weighted by atomic mass is 32.1. The van der Waals surface area contributed by atoms with Gasteiger partial charge in [-0.1, -0.05) is 0 Å². The Bertz CT molecular complexity index is 495. The van der Waals surface area contributed by atoms with Gasteiger partial charge in [0.2, 0.25) is 0 Å². The van der Waals surface area contributed by atoms with Crippen molar-refractivity contribution in [3.63, 3.8) is 0 Å². The smallest absolute Gasteiger partial charge is 0.321 e. The largest absolute Gasteiger partial charge is 0.379 e. The molecule has 1 aliphatic heterocycles. The second-order valence-electron chi connectivity index (χ2n) is 4.88. The van der Waals surface area contributed by atoms with Crippen LogP contribution in [0.25, 0.3) is 0 Å². The number of benzene rings is 1. The first-order valence-electron chi connectivity index (χ1n) is 6.88. The van der Waals surface area contributed by atoms with E-state index in [2.05, 4.69) is 22.8 Å². The zero-order valence-corrected chi connectivity index (χ0v) is 12.9. The van der Waals surface area contributed by atoms with Gasteiger partial charge in [-0.05, 0) is 18.2 Å². The number of nitrogens with one attached hydrogen (secondary N) is 1. The Hall–Kier alpha value is -1.31. The number of hydrogen-bond acceptors (Lipinski definition) is 4. The number of nitrogens with zero attached hydrogens (tertiary/aromatic N) is 2. The lowest BCUT2D eigenvalue weighted by Crippen LogP contribution is -2.44. The van der Waals surface area contributed by atoms with E-state index in [9.17, 15) is 9.18 Å². The van der Waals surface area contributed by atoms with E-state index in [-0.39, 0.29) is 11.7 Å². The van der Waals surface area contributed by atoms with E-state index in [0.29, 0.717) is 11.4 Å². The quantitative estimate of drug-likeness (QED) is 0.830. The van der Waals surface area contributed by atoms with Gasteiger partial charge in [-0.25, -0.2) is 9.18 Å². The highest BCUT2D eigenvalue weighted by molar-refractivity contribution is 7.80. The van der Waals surface area contributed by atoms with Crippen molar-refractivity contribution < 1.29 is 13.9 Å². The maximum Gasteiger partial charge on any atom is 0.321 e. The molecule has 1 N–H and O–H groups in total. The summed E-state index contributed by atoms with van der Waals surface area (Å²) in [6.45, 7) is 4.51.